The number of aromatic nitrogens is 2. The van der Waals surface area contributed by atoms with Crippen LogP contribution in [0.1, 0.15) is 17.3 Å². The van der Waals surface area contributed by atoms with E-state index in [9.17, 15) is 8.78 Å². The summed E-state index contributed by atoms with van der Waals surface area (Å²) in [6, 6.07) is 4.53. The predicted octanol–water partition coefficient (Wildman–Crippen LogP) is 2.07. The molecule has 1 aromatic heterocycles. The molecule has 1 heterocycles. The molecule has 100 valence electrons. The Morgan fingerprint density at radius 3 is 2.37 bits per heavy atom. The number of hydrogen-bond donors (Lipinski definition) is 1. The first-order chi connectivity index (χ1) is 9.13. The second-order valence-corrected chi connectivity index (χ2v) is 3.91. The first-order valence-corrected chi connectivity index (χ1v) is 5.63. The van der Waals surface area contributed by atoms with Crippen molar-refractivity contribution in [1.29, 1.82) is 0 Å². The van der Waals surface area contributed by atoms with E-state index in [0.717, 1.165) is 6.07 Å². The fraction of sp³-hybridized carbons (Fsp3) is 0.231. The molecule has 0 bridgehead atoms. The highest BCUT2D eigenvalue weighted by Gasteiger charge is 2.16. The minimum atomic E-state index is -0.628. The summed E-state index contributed by atoms with van der Waals surface area (Å²) in [5, 5.41) is 2.96. The van der Waals surface area contributed by atoms with E-state index in [1.54, 1.807) is 13.1 Å². The number of benzene rings is 1. The van der Waals surface area contributed by atoms with Gasteiger partial charge in [0, 0.05) is 12.1 Å². The van der Waals surface area contributed by atoms with E-state index in [1.807, 2.05) is 0 Å². The van der Waals surface area contributed by atoms with E-state index in [1.165, 1.54) is 25.6 Å². The van der Waals surface area contributed by atoms with Gasteiger partial charge >= 0.3 is 0 Å². The molecule has 0 aliphatic rings. The van der Waals surface area contributed by atoms with Crippen LogP contribution >= 0.6 is 0 Å². The first-order valence-electron chi connectivity index (χ1n) is 5.63. The Morgan fingerprint density at radius 1 is 1.11 bits per heavy atom. The monoisotopic (exact) mass is 265 g/mol. The Bertz CT molecular complexity index is 557. The number of rotatable bonds is 4. The zero-order chi connectivity index (χ0) is 13.8. The maximum Gasteiger partial charge on any atom is 0.216 e. The van der Waals surface area contributed by atoms with Gasteiger partial charge in [0.2, 0.25) is 5.88 Å². The van der Waals surface area contributed by atoms with Crippen LogP contribution in [-0.4, -0.2) is 24.1 Å². The van der Waals surface area contributed by atoms with Gasteiger partial charge in [0.05, 0.1) is 18.8 Å². The average molecular weight is 265 g/mol. The molecule has 0 fully saturated rings. The standard InChI is InChI=1S/C13H13F2N3O/c1-16-13(8-3-9(14)5-10(15)4-8)11-6-12(19-2)18-7-17-11/h3-7,13,16H,1-2H3. The Balaban J connectivity index is 2.43. The Hall–Kier alpha value is -2.08. The van der Waals surface area contributed by atoms with E-state index in [-0.39, 0.29) is 0 Å². The second-order valence-electron chi connectivity index (χ2n) is 3.91. The molecular formula is C13H13F2N3O. The summed E-state index contributed by atoms with van der Waals surface area (Å²) in [6.45, 7) is 0. The van der Waals surface area contributed by atoms with Crippen LogP contribution < -0.4 is 10.1 Å². The highest BCUT2D eigenvalue weighted by atomic mass is 19.1. The SMILES string of the molecule is CNC(c1cc(F)cc(F)c1)c1cc(OC)ncn1. The molecule has 0 aliphatic carbocycles. The van der Waals surface area contributed by atoms with E-state index in [4.69, 9.17) is 4.74 Å². The quantitative estimate of drug-likeness (QED) is 0.919. The van der Waals surface area contributed by atoms with Gasteiger partial charge in [-0.2, -0.15) is 0 Å². The molecule has 0 saturated carbocycles. The first kappa shape index (κ1) is 13.4. The third kappa shape index (κ3) is 3.03. The third-order valence-corrected chi connectivity index (χ3v) is 2.67. The highest BCUT2D eigenvalue weighted by molar-refractivity contribution is 5.30. The maximum atomic E-state index is 13.3. The number of nitrogens with zero attached hydrogens (tertiary/aromatic N) is 2. The normalized spacial score (nSPS) is 12.2. The van der Waals surface area contributed by atoms with Crippen molar-refractivity contribution in [3.05, 3.63) is 53.5 Å². The number of methoxy groups -OCH3 is 1. The number of ether oxygens (including phenoxy) is 1. The number of hydrogen-bond acceptors (Lipinski definition) is 4. The summed E-state index contributed by atoms with van der Waals surface area (Å²) in [6.07, 6.45) is 1.34. The fourth-order valence-electron chi connectivity index (χ4n) is 1.85. The van der Waals surface area contributed by atoms with Crippen LogP contribution in [0.2, 0.25) is 0 Å². The highest BCUT2D eigenvalue weighted by Crippen LogP contribution is 2.23. The smallest absolute Gasteiger partial charge is 0.216 e. The molecule has 6 heteroatoms. The minimum absolute atomic E-state index is 0.391. The largest absolute Gasteiger partial charge is 0.481 e. The second kappa shape index (κ2) is 5.71. The van der Waals surface area contributed by atoms with Crippen molar-refractivity contribution >= 4 is 0 Å². The van der Waals surface area contributed by atoms with Gasteiger partial charge in [-0.05, 0) is 24.7 Å². The van der Waals surface area contributed by atoms with Crippen molar-refractivity contribution in [3.8, 4) is 5.88 Å². The van der Waals surface area contributed by atoms with Gasteiger partial charge in [0.25, 0.3) is 0 Å². The summed E-state index contributed by atoms with van der Waals surface area (Å²) >= 11 is 0. The van der Waals surface area contributed by atoms with Crippen LogP contribution in [0.4, 0.5) is 8.78 Å². The van der Waals surface area contributed by atoms with E-state index < -0.39 is 17.7 Å². The molecule has 2 rings (SSSR count). The van der Waals surface area contributed by atoms with Gasteiger partial charge in [-0.3, -0.25) is 0 Å². The van der Waals surface area contributed by atoms with Gasteiger partial charge < -0.3 is 10.1 Å². The lowest BCUT2D eigenvalue weighted by Gasteiger charge is -2.16. The zero-order valence-corrected chi connectivity index (χ0v) is 10.5. The number of nitrogens with one attached hydrogen (secondary N) is 1. The molecule has 1 unspecified atom stereocenters. The molecule has 0 aliphatic heterocycles. The van der Waals surface area contributed by atoms with Crippen LogP contribution in [0.5, 0.6) is 5.88 Å². The molecular weight excluding hydrogens is 252 g/mol. The summed E-state index contributed by atoms with van der Waals surface area (Å²) in [5.41, 5.74) is 1.01. The molecule has 19 heavy (non-hydrogen) atoms. The lowest BCUT2D eigenvalue weighted by Crippen LogP contribution is -2.19. The summed E-state index contributed by atoms with van der Waals surface area (Å²) in [4.78, 5) is 7.99. The number of halogens is 2. The Kier molecular flexibility index (Phi) is 4.01. The maximum absolute atomic E-state index is 13.3. The zero-order valence-electron chi connectivity index (χ0n) is 10.5. The van der Waals surface area contributed by atoms with E-state index in [0.29, 0.717) is 17.1 Å². The van der Waals surface area contributed by atoms with Crippen LogP contribution in [0.25, 0.3) is 0 Å². The van der Waals surface area contributed by atoms with Gasteiger partial charge in [0.1, 0.15) is 18.0 Å². The summed E-state index contributed by atoms with van der Waals surface area (Å²) in [5.74, 6) is -0.866. The fourth-order valence-corrected chi connectivity index (χ4v) is 1.85. The molecule has 1 aromatic carbocycles. The summed E-state index contributed by atoms with van der Waals surface area (Å²) < 4.78 is 31.5. The lowest BCUT2D eigenvalue weighted by molar-refractivity contribution is 0.395. The van der Waals surface area contributed by atoms with Gasteiger partial charge in [-0.1, -0.05) is 0 Å². The molecule has 1 N–H and O–H groups in total. The lowest BCUT2D eigenvalue weighted by atomic mass is 10.0. The van der Waals surface area contributed by atoms with Crippen molar-refractivity contribution in [2.45, 2.75) is 6.04 Å². The molecule has 0 amide bonds. The van der Waals surface area contributed by atoms with Crippen LogP contribution in [-0.2, 0) is 0 Å². The van der Waals surface area contributed by atoms with Crippen molar-refractivity contribution in [3.63, 3.8) is 0 Å². The van der Waals surface area contributed by atoms with Crippen LogP contribution in [0.3, 0.4) is 0 Å². The van der Waals surface area contributed by atoms with E-state index in [2.05, 4.69) is 15.3 Å². The Morgan fingerprint density at radius 2 is 1.79 bits per heavy atom. The van der Waals surface area contributed by atoms with Crippen LogP contribution in [0, 0.1) is 11.6 Å². The van der Waals surface area contributed by atoms with Crippen molar-refractivity contribution in [2.24, 2.45) is 0 Å². The molecule has 0 radical (unpaired) electrons. The van der Waals surface area contributed by atoms with Crippen LogP contribution in [0.15, 0.2) is 30.6 Å². The molecule has 4 nitrogen and oxygen atoms in total. The minimum Gasteiger partial charge on any atom is -0.481 e. The average Bonchev–Trinajstić information content (AvgIpc) is 2.39. The molecule has 1 atom stereocenters. The third-order valence-electron chi connectivity index (χ3n) is 2.67. The van der Waals surface area contributed by atoms with E-state index >= 15 is 0 Å². The molecule has 0 spiro atoms. The van der Waals surface area contributed by atoms with Gasteiger partial charge in [-0.15, -0.1) is 0 Å². The van der Waals surface area contributed by atoms with Gasteiger partial charge in [-0.25, -0.2) is 18.7 Å². The molecule has 0 saturated heterocycles. The van der Waals surface area contributed by atoms with Crippen molar-refractivity contribution in [2.75, 3.05) is 14.2 Å². The topological polar surface area (TPSA) is 47.0 Å². The van der Waals surface area contributed by atoms with Gasteiger partial charge in [0.15, 0.2) is 0 Å². The Labute approximate surface area is 109 Å². The van der Waals surface area contributed by atoms with Crippen molar-refractivity contribution in [1.82, 2.24) is 15.3 Å². The summed E-state index contributed by atoms with van der Waals surface area (Å²) in [7, 11) is 3.17. The van der Waals surface area contributed by atoms with Crippen molar-refractivity contribution < 1.29 is 13.5 Å². The molecule has 2 aromatic rings. The predicted molar refractivity (Wildman–Crippen MR) is 65.8 cm³/mol.